The molecule has 1 saturated heterocycles. The van der Waals surface area contributed by atoms with E-state index in [4.69, 9.17) is 14.2 Å². The first kappa shape index (κ1) is 25.0. The van der Waals surface area contributed by atoms with E-state index in [2.05, 4.69) is 0 Å². The lowest BCUT2D eigenvalue weighted by molar-refractivity contribution is -0.147. The van der Waals surface area contributed by atoms with E-state index in [-0.39, 0.29) is 24.9 Å². The molecular formula is C26H35NO6. The van der Waals surface area contributed by atoms with Crippen LogP contribution in [0.25, 0.3) is 0 Å². The number of amides is 1. The molecule has 1 spiro atoms. The number of benzene rings is 1. The molecule has 0 aromatic heterocycles. The lowest BCUT2D eigenvalue weighted by Gasteiger charge is -2.34. The Hall–Kier alpha value is -2.67. The monoisotopic (exact) mass is 457 g/mol. The van der Waals surface area contributed by atoms with Gasteiger partial charge in [-0.1, -0.05) is 49.6 Å². The summed E-state index contributed by atoms with van der Waals surface area (Å²) >= 11 is 0. The van der Waals surface area contributed by atoms with Gasteiger partial charge in [0.2, 0.25) is 5.91 Å². The molecule has 33 heavy (non-hydrogen) atoms. The Morgan fingerprint density at radius 2 is 1.64 bits per heavy atom. The van der Waals surface area contributed by atoms with E-state index in [9.17, 15) is 14.4 Å². The van der Waals surface area contributed by atoms with Gasteiger partial charge in [-0.15, -0.1) is 0 Å². The van der Waals surface area contributed by atoms with Gasteiger partial charge in [0.15, 0.2) is 0 Å². The molecule has 1 saturated carbocycles. The van der Waals surface area contributed by atoms with Crippen LogP contribution in [0.2, 0.25) is 0 Å². The number of hydrogen-bond donors (Lipinski definition) is 0. The Morgan fingerprint density at radius 3 is 2.24 bits per heavy atom. The molecule has 1 unspecified atom stereocenters. The highest BCUT2D eigenvalue weighted by Gasteiger charge is 2.41. The first-order valence-electron chi connectivity index (χ1n) is 12.0. The van der Waals surface area contributed by atoms with Crippen molar-refractivity contribution in [1.82, 2.24) is 4.90 Å². The molecule has 2 aliphatic rings. The standard InChI is InChI=1S/C26H35NO6/c1-3-31-24(29)22(25(30)32-4-2)17-23(28)27(18-20-11-7-5-8-12-20)19-21-13-16-26(33-21)14-9-6-10-15-26/h5,7-8,11-12,17,21H,3-4,6,9-10,13-16,18-19H2,1-2H3. The van der Waals surface area contributed by atoms with E-state index >= 15 is 0 Å². The Morgan fingerprint density at radius 1 is 1.00 bits per heavy atom. The van der Waals surface area contributed by atoms with Crippen LogP contribution < -0.4 is 0 Å². The van der Waals surface area contributed by atoms with Gasteiger partial charge in [-0.05, 0) is 45.1 Å². The van der Waals surface area contributed by atoms with Gasteiger partial charge in [0.05, 0.1) is 24.9 Å². The predicted octanol–water partition coefficient (Wildman–Crippen LogP) is 3.95. The van der Waals surface area contributed by atoms with Crippen molar-refractivity contribution in [3.05, 3.63) is 47.5 Å². The zero-order chi connectivity index (χ0) is 23.7. The zero-order valence-electron chi connectivity index (χ0n) is 19.7. The molecule has 1 aromatic rings. The van der Waals surface area contributed by atoms with Crippen LogP contribution >= 0.6 is 0 Å². The van der Waals surface area contributed by atoms with Crippen LogP contribution in [0.4, 0.5) is 0 Å². The van der Waals surface area contributed by atoms with Crippen molar-refractivity contribution in [3.8, 4) is 0 Å². The third-order valence-electron chi connectivity index (χ3n) is 6.31. The highest BCUT2D eigenvalue weighted by atomic mass is 16.6. The maximum absolute atomic E-state index is 13.3. The van der Waals surface area contributed by atoms with Crippen LogP contribution in [0.1, 0.15) is 64.4 Å². The van der Waals surface area contributed by atoms with E-state index in [1.165, 1.54) is 19.3 Å². The largest absolute Gasteiger partial charge is 0.462 e. The second-order valence-electron chi connectivity index (χ2n) is 8.73. The number of esters is 2. The molecule has 7 nitrogen and oxygen atoms in total. The summed E-state index contributed by atoms with van der Waals surface area (Å²) in [6.07, 6.45) is 8.65. The van der Waals surface area contributed by atoms with Crippen molar-refractivity contribution in [1.29, 1.82) is 0 Å². The van der Waals surface area contributed by atoms with Crippen LogP contribution in [-0.2, 0) is 35.1 Å². The normalized spacial score (nSPS) is 19.0. The Bertz CT molecular complexity index is 824. The number of ether oxygens (including phenoxy) is 3. The SMILES string of the molecule is CCOC(=O)C(=CC(=O)N(Cc1ccccc1)CC1CCC2(CCCCC2)O1)C(=O)OCC. The van der Waals surface area contributed by atoms with Gasteiger partial charge in [-0.2, -0.15) is 0 Å². The fourth-order valence-electron chi connectivity index (χ4n) is 4.70. The lowest BCUT2D eigenvalue weighted by Crippen LogP contribution is -2.39. The summed E-state index contributed by atoms with van der Waals surface area (Å²) in [7, 11) is 0. The first-order chi connectivity index (χ1) is 16.0. The van der Waals surface area contributed by atoms with Crippen molar-refractivity contribution < 1.29 is 28.6 Å². The summed E-state index contributed by atoms with van der Waals surface area (Å²) in [6, 6.07) is 9.64. The van der Waals surface area contributed by atoms with Gasteiger partial charge in [-0.3, -0.25) is 4.79 Å². The number of carbonyl (C=O) groups is 3. The van der Waals surface area contributed by atoms with E-state index < -0.39 is 23.4 Å². The lowest BCUT2D eigenvalue weighted by atomic mass is 9.83. The molecule has 180 valence electrons. The van der Waals surface area contributed by atoms with Gasteiger partial charge in [0.25, 0.3) is 0 Å². The van der Waals surface area contributed by atoms with E-state index in [0.717, 1.165) is 37.3 Å². The van der Waals surface area contributed by atoms with Crippen molar-refractivity contribution in [2.75, 3.05) is 19.8 Å². The predicted molar refractivity (Wildman–Crippen MR) is 123 cm³/mol. The molecule has 2 fully saturated rings. The first-order valence-corrected chi connectivity index (χ1v) is 12.0. The Kier molecular flexibility index (Phi) is 9.06. The fourth-order valence-corrected chi connectivity index (χ4v) is 4.70. The highest BCUT2D eigenvalue weighted by Crippen LogP contribution is 2.42. The van der Waals surface area contributed by atoms with Crippen molar-refractivity contribution in [3.63, 3.8) is 0 Å². The van der Waals surface area contributed by atoms with Gasteiger partial charge >= 0.3 is 11.9 Å². The highest BCUT2D eigenvalue weighted by molar-refractivity contribution is 6.17. The summed E-state index contributed by atoms with van der Waals surface area (Å²) < 4.78 is 16.4. The summed E-state index contributed by atoms with van der Waals surface area (Å²) in [5, 5.41) is 0. The second kappa shape index (κ2) is 12.0. The molecule has 7 heteroatoms. The number of hydrogen-bond acceptors (Lipinski definition) is 6. The molecular weight excluding hydrogens is 422 g/mol. The zero-order valence-corrected chi connectivity index (χ0v) is 19.7. The number of carbonyl (C=O) groups excluding carboxylic acids is 3. The van der Waals surface area contributed by atoms with Crippen LogP contribution in [0.5, 0.6) is 0 Å². The minimum Gasteiger partial charge on any atom is -0.462 e. The maximum Gasteiger partial charge on any atom is 0.345 e. The molecule has 0 bridgehead atoms. The topological polar surface area (TPSA) is 82.1 Å². The van der Waals surface area contributed by atoms with Gasteiger partial charge in [0, 0.05) is 19.2 Å². The Balaban J connectivity index is 1.80. The summed E-state index contributed by atoms with van der Waals surface area (Å²) in [5.41, 5.74) is 0.512. The summed E-state index contributed by atoms with van der Waals surface area (Å²) in [4.78, 5) is 39.6. The molecule has 1 aliphatic carbocycles. The molecule has 3 rings (SSSR count). The van der Waals surface area contributed by atoms with E-state index in [1.54, 1.807) is 18.7 Å². The van der Waals surface area contributed by atoms with Crippen LogP contribution in [-0.4, -0.2) is 54.2 Å². The van der Waals surface area contributed by atoms with Gasteiger partial charge < -0.3 is 19.1 Å². The molecule has 1 amide bonds. The van der Waals surface area contributed by atoms with Crippen LogP contribution in [0.15, 0.2) is 42.0 Å². The average Bonchev–Trinajstić information content (AvgIpc) is 3.19. The molecule has 0 N–H and O–H groups in total. The van der Waals surface area contributed by atoms with Crippen molar-refractivity contribution in [2.45, 2.75) is 77.0 Å². The third-order valence-corrected chi connectivity index (χ3v) is 6.31. The maximum atomic E-state index is 13.3. The second-order valence-corrected chi connectivity index (χ2v) is 8.73. The third kappa shape index (κ3) is 6.90. The summed E-state index contributed by atoms with van der Waals surface area (Å²) in [6.45, 7) is 4.21. The van der Waals surface area contributed by atoms with Crippen LogP contribution in [0, 0.1) is 0 Å². The molecule has 1 heterocycles. The van der Waals surface area contributed by atoms with Crippen molar-refractivity contribution in [2.24, 2.45) is 0 Å². The molecule has 1 aromatic carbocycles. The number of rotatable bonds is 9. The van der Waals surface area contributed by atoms with Gasteiger partial charge in [-0.25, -0.2) is 9.59 Å². The molecule has 1 atom stereocenters. The molecule has 0 radical (unpaired) electrons. The smallest absolute Gasteiger partial charge is 0.345 e. The quantitative estimate of drug-likeness (QED) is 0.242. The average molecular weight is 458 g/mol. The molecule has 1 aliphatic heterocycles. The Labute approximate surface area is 196 Å². The minimum atomic E-state index is -0.859. The van der Waals surface area contributed by atoms with Crippen LogP contribution in [0.3, 0.4) is 0 Å². The summed E-state index contributed by atoms with van der Waals surface area (Å²) in [5.74, 6) is -2.16. The van der Waals surface area contributed by atoms with Crippen molar-refractivity contribution >= 4 is 17.8 Å². The van der Waals surface area contributed by atoms with E-state index in [1.807, 2.05) is 30.3 Å². The minimum absolute atomic E-state index is 0.0543. The van der Waals surface area contributed by atoms with Gasteiger partial charge in [0.1, 0.15) is 5.57 Å². The van der Waals surface area contributed by atoms with E-state index in [0.29, 0.717) is 13.1 Å². The fraction of sp³-hybridized carbons (Fsp3) is 0.577. The number of nitrogens with zero attached hydrogens (tertiary/aromatic N) is 1.